The predicted octanol–water partition coefficient (Wildman–Crippen LogP) is 4.43. The second-order valence-corrected chi connectivity index (χ2v) is 8.81. The molecule has 0 amide bonds. The molecule has 3 aromatic rings. The fourth-order valence-electron chi connectivity index (χ4n) is 3.56. The molecule has 1 aliphatic heterocycles. The highest BCUT2D eigenvalue weighted by molar-refractivity contribution is 7.88. The summed E-state index contributed by atoms with van der Waals surface area (Å²) >= 11 is 6.15. The van der Waals surface area contributed by atoms with E-state index in [4.69, 9.17) is 26.2 Å². The van der Waals surface area contributed by atoms with Crippen LogP contribution in [0, 0.1) is 5.82 Å². The molecule has 1 unspecified atom stereocenters. The summed E-state index contributed by atoms with van der Waals surface area (Å²) in [6.07, 6.45) is -0.608. The van der Waals surface area contributed by atoms with E-state index in [9.17, 15) is 12.8 Å². The molecule has 4 rings (SSSR count). The number of hydrogen-bond donors (Lipinski definition) is 1. The van der Waals surface area contributed by atoms with Crippen molar-refractivity contribution in [3.63, 3.8) is 0 Å². The zero-order valence-electron chi connectivity index (χ0n) is 15.4. The third-order valence-corrected chi connectivity index (χ3v) is 5.65. The lowest BCUT2D eigenvalue weighted by Crippen LogP contribution is -2.18. The summed E-state index contributed by atoms with van der Waals surface area (Å²) in [4.78, 5) is 0. The first-order chi connectivity index (χ1) is 13.7. The van der Waals surface area contributed by atoms with E-state index in [0.717, 1.165) is 11.1 Å². The summed E-state index contributed by atoms with van der Waals surface area (Å²) in [5, 5.41) is 5.73. The zero-order chi connectivity index (χ0) is 20.8. The molecule has 0 saturated heterocycles. The maximum absolute atomic E-state index is 14.1. The summed E-state index contributed by atoms with van der Waals surface area (Å²) in [6.45, 7) is 0. The van der Waals surface area contributed by atoms with Gasteiger partial charge in [0, 0.05) is 22.7 Å². The number of nitrogens with two attached hydrogens (primary N) is 1. The highest BCUT2D eigenvalue weighted by Gasteiger charge is 2.31. The van der Waals surface area contributed by atoms with Crippen molar-refractivity contribution in [1.82, 2.24) is 0 Å². The summed E-state index contributed by atoms with van der Waals surface area (Å²) in [7, 11) is -2.26. The molecule has 8 heteroatoms. The fourth-order valence-corrected chi connectivity index (χ4v) is 4.41. The molecule has 0 radical (unpaired) electrons. The van der Waals surface area contributed by atoms with Gasteiger partial charge in [-0.25, -0.2) is 17.9 Å². The van der Waals surface area contributed by atoms with Gasteiger partial charge in [-0.1, -0.05) is 41.9 Å². The Kier molecular flexibility index (Phi) is 4.98. The van der Waals surface area contributed by atoms with Crippen LogP contribution in [0.2, 0.25) is 5.02 Å². The van der Waals surface area contributed by atoms with E-state index < -0.39 is 21.9 Å². The number of primary sulfonamides is 1. The minimum Gasteiger partial charge on any atom is -0.496 e. The van der Waals surface area contributed by atoms with Crippen LogP contribution >= 0.6 is 11.6 Å². The lowest BCUT2D eigenvalue weighted by atomic mass is 9.88. The van der Waals surface area contributed by atoms with E-state index in [1.807, 2.05) is 6.07 Å². The normalized spacial score (nSPS) is 15.2. The Hall–Kier alpha value is -2.61. The number of hydrogen-bond acceptors (Lipinski definition) is 4. The van der Waals surface area contributed by atoms with Gasteiger partial charge in [-0.3, -0.25) is 0 Å². The number of fused-ring (bicyclic) bond motifs is 3. The maximum atomic E-state index is 14.1. The van der Waals surface area contributed by atoms with E-state index >= 15 is 0 Å². The van der Waals surface area contributed by atoms with Gasteiger partial charge >= 0.3 is 0 Å². The predicted molar refractivity (Wildman–Crippen MR) is 109 cm³/mol. The summed E-state index contributed by atoms with van der Waals surface area (Å²) in [6, 6.07) is 14.9. The topological polar surface area (TPSA) is 78.6 Å². The lowest BCUT2D eigenvalue weighted by molar-refractivity contribution is 0.240. The summed E-state index contributed by atoms with van der Waals surface area (Å²) in [5.41, 5.74) is 3.34. The Balaban J connectivity index is 1.95. The number of ether oxygens (including phenoxy) is 2. The van der Waals surface area contributed by atoms with Crippen LogP contribution in [0.1, 0.15) is 22.8 Å². The molecule has 0 saturated carbocycles. The number of methoxy groups -OCH3 is 1. The quantitative estimate of drug-likeness (QED) is 0.660. The number of sulfonamides is 1. The molecule has 0 aliphatic carbocycles. The second-order valence-electron chi connectivity index (χ2n) is 6.76. The van der Waals surface area contributed by atoms with Gasteiger partial charge in [-0.2, -0.15) is 0 Å². The molecule has 1 aliphatic rings. The van der Waals surface area contributed by atoms with Crippen molar-refractivity contribution < 1.29 is 22.3 Å². The van der Waals surface area contributed by atoms with Gasteiger partial charge in [-0.15, -0.1) is 0 Å². The zero-order valence-corrected chi connectivity index (χ0v) is 16.9. The third kappa shape index (κ3) is 3.94. The van der Waals surface area contributed by atoms with Crippen LogP contribution in [0.3, 0.4) is 0 Å². The smallest absolute Gasteiger partial charge is 0.213 e. The molecule has 0 fully saturated rings. The molecule has 0 bridgehead atoms. The van der Waals surface area contributed by atoms with Gasteiger partial charge in [0.25, 0.3) is 0 Å². The highest BCUT2D eigenvalue weighted by atomic mass is 35.5. The molecular weight excluding hydrogens is 417 g/mol. The van der Waals surface area contributed by atoms with Gasteiger partial charge in [0.1, 0.15) is 23.4 Å². The number of rotatable bonds is 4. The fraction of sp³-hybridized carbons (Fsp3) is 0.143. The average Bonchev–Trinajstić information content (AvgIpc) is 2.65. The van der Waals surface area contributed by atoms with E-state index in [2.05, 4.69) is 0 Å². The highest BCUT2D eigenvalue weighted by Crippen LogP contribution is 2.49. The molecular formula is C21H17ClFNO4S. The Labute approximate surface area is 172 Å². The molecule has 150 valence electrons. The van der Waals surface area contributed by atoms with Crippen molar-refractivity contribution in [2.75, 3.05) is 7.11 Å². The molecule has 29 heavy (non-hydrogen) atoms. The van der Waals surface area contributed by atoms with Crippen LogP contribution in [0.4, 0.5) is 4.39 Å². The van der Waals surface area contributed by atoms with Crippen molar-refractivity contribution in [1.29, 1.82) is 0 Å². The van der Waals surface area contributed by atoms with Gasteiger partial charge in [0.05, 0.1) is 18.4 Å². The standard InChI is InChI=1S/C21H17ClFNO4S/c1-27-18-9-15(23)10-19-20(18)16-6-5-12(11-29(24,25)26)7-17(16)21(28-19)13-3-2-4-14(22)8-13/h2-10,21H,11H2,1H3,(H2,24,25,26). The van der Waals surface area contributed by atoms with Crippen molar-refractivity contribution in [2.24, 2.45) is 5.14 Å². The largest absolute Gasteiger partial charge is 0.496 e. The second kappa shape index (κ2) is 7.33. The van der Waals surface area contributed by atoms with Crippen LogP contribution < -0.4 is 14.6 Å². The molecule has 5 nitrogen and oxygen atoms in total. The van der Waals surface area contributed by atoms with E-state index in [1.54, 1.807) is 36.4 Å². The first kappa shape index (κ1) is 19.7. The van der Waals surface area contributed by atoms with Gasteiger partial charge in [0.2, 0.25) is 10.0 Å². The van der Waals surface area contributed by atoms with Crippen molar-refractivity contribution in [2.45, 2.75) is 11.9 Å². The van der Waals surface area contributed by atoms with Crippen LogP contribution in [0.5, 0.6) is 11.5 Å². The molecule has 2 N–H and O–H groups in total. The average molecular weight is 434 g/mol. The Bertz CT molecular complexity index is 1210. The maximum Gasteiger partial charge on any atom is 0.213 e. The third-order valence-electron chi connectivity index (χ3n) is 4.68. The number of benzene rings is 3. The van der Waals surface area contributed by atoms with Crippen LogP contribution in [-0.4, -0.2) is 15.5 Å². The van der Waals surface area contributed by atoms with E-state index in [0.29, 0.717) is 33.2 Å². The molecule has 3 aromatic carbocycles. The van der Waals surface area contributed by atoms with E-state index in [-0.39, 0.29) is 5.75 Å². The summed E-state index contributed by atoms with van der Waals surface area (Å²) < 4.78 is 48.7. The first-order valence-electron chi connectivity index (χ1n) is 8.68. The van der Waals surface area contributed by atoms with E-state index in [1.165, 1.54) is 19.2 Å². The van der Waals surface area contributed by atoms with Crippen molar-refractivity contribution in [3.8, 4) is 22.6 Å². The van der Waals surface area contributed by atoms with Crippen LogP contribution in [0.15, 0.2) is 54.6 Å². The molecule has 1 atom stereocenters. The Morgan fingerprint density at radius 3 is 2.66 bits per heavy atom. The first-order valence-corrected chi connectivity index (χ1v) is 10.8. The van der Waals surface area contributed by atoms with Crippen LogP contribution in [-0.2, 0) is 15.8 Å². The number of halogens is 2. The van der Waals surface area contributed by atoms with Gasteiger partial charge in [0.15, 0.2) is 0 Å². The molecule has 1 heterocycles. The lowest BCUT2D eigenvalue weighted by Gasteiger charge is -2.30. The summed E-state index contributed by atoms with van der Waals surface area (Å²) in [5.74, 6) is -0.140. The SMILES string of the molecule is COc1cc(F)cc2c1-c1ccc(CS(N)(=O)=O)cc1C(c1cccc(Cl)c1)O2. The molecule has 0 aromatic heterocycles. The van der Waals surface area contributed by atoms with Crippen molar-refractivity contribution in [3.05, 3.63) is 82.1 Å². The monoisotopic (exact) mass is 433 g/mol. The van der Waals surface area contributed by atoms with Gasteiger partial charge < -0.3 is 9.47 Å². The Morgan fingerprint density at radius 2 is 1.97 bits per heavy atom. The minimum absolute atomic E-state index is 0.310. The minimum atomic E-state index is -3.71. The molecule has 0 spiro atoms. The van der Waals surface area contributed by atoms with Gasteiger partial charge in [-0.05, 0) is 28.8 Å². The van der Waals surface area contributed by atoms with Crippen molar-refractivity contribution >= 4 is 21.6 Å². The van der Waals surface area contributed by atoms with Crippen LogP contribution in [0.25, 0.3) is 11.1 Å². The Morgan fingerprint density at radius 1 is 1.17 bits per heavy atom.